The summed E-state index contributed by atoms with van der Waals surface area (Å²) in [7, 11) is 0. The van der Waals surface area contributed by atoms with Crippen molar-refractivity contribution < 1.29 is 9.69 Å². The van der Waals surface area contributed by atoms with Gasteiger partial charge in [-0.2, -0.15) is 0 Å². The Kier molecular flexibility index (Phi) is 4.97. The van der Waals surface area contributed by atoms with Crippen molar-refractivity contribution in [1.82, 2.24) is 0 Å². The van der Waals surface area contributed by atoms with Gasteiger partial charge in [0.05, 0.1) is 13.1 Å². The number of piperidine rings is 1. The highest BCUT2D eigenvalue weighted by Crippen LogP contribution is 2.10. The summed E-state index contributed by atoms with van der Waals surface area (Å²) in [6.07, 6.45) is 4.11. The summed E-state index contributed by atoms with van der Waals surface area (Å²) >= 11 is 0. The summed E-state index contributed by atoms with van der Waals surface area (Å²) in [6.45, 7) is 7.52. The molecule has 1 aliphatic rings. The van der Waals surface area contributed by atoms with Gasteiger partial charge >= 0.3 is 0 Å². The molecule has 0 unspecified atom stereocenters. The number of carbonyl (C=O) groups is 1. The summed E-state index contributed by atoms with van der Waals surface area (Å²) in [5.41, 5.74) is 2.26. The Bertz CT molecular complexity index is 405. The van der Waals surface area contributed by atoms with E-state index in [0.29, 0.717) is 0 Å². The maximum Gasteiger partial charge on any atom is 0.226 e. The van der Waals surface area contributed by atoms with Crippen LogP contribution in [0.5, 0.6) is 0 Å². The van der Waals surface area contributed by atoms with Crippen LogP contribution < -0.4 is 10.2 Å². The lowest BCUT2D eigenvalue weighted by molar-refractivity contribution is -0.918. The molecule has 1 aromatic carbocycles. The topological polar surface area (TPSA) is 33.5 Å². The van der Waals surface area contributed by atoms with Crippen molar-refractivity contribution >= 4 is 11.6 Å². The Morgan fingerprint density at radius 3 is 2.37 bits per heavy atom. The molecular weight excluding hydrogens is 236 g/mol. The average Bonchev–Trinajstić information content (AvgIpc) is 2.42. The fraction of sp³-hybridized carbons (Fsp3) is 0.562. The number of amides is 1. The van der Waals surface area contributed by atoms with Crippen molar-refractivity contribution in [2.45, 2.75) is 39.7 Å². The molecule has 3 nitrogen and oxygen atoms in total. The number of likely N-dealkylation sites (tertiary alicyclic amines) is 1. The monoisotopic (exact) mass is 261 g/mol. The van der Waals surface area contributed by atoms with Crippen LogP contribution in [0.25, 0.3) is 0 Å². The zero-order valence-corrected chi connectivity index (χ0v) is 12.0. The maximum absolute atomic E-state index is 11.6. The van der Waals surface area contributed by atoms with Crippen LogP contribution in [0.3, 0.4) is 0 Å². The molecule has 1 fully saturated rings. The fourth-order valence-electron chi connectivity index (χ4n) is 2.51. The number of nitrogens with one attached hydrogen (secondary N) is 2. The first-order valence-corrected chi connectivity index (χ1v) is 7.38. The van der Waals surface area contributed by atoms with Crippen LogP contribution in [-0.4, -0.2) is 19.0 Å². The first-order chi connectivity index (χ1) is 9.15. The summed E-state index contributed by atoms with van der Waals surface area (Å²) in [5, 5.41) is 2.93. The number of anilines is 1. The molecule has 2 N–H and O–H groups in total. The zero-order chi connectivity index (χ0) is 13.7. The average molecular weight is 261 g/mol. The van der Waals surface area contributed by atoms with Crippen molar-refractivity contribution in [3.63, 3.8) is 0 Å². The molecule has 1 aromatic rings. The third-order valence-electron chi connectivity index (χ3n) is 3.76. The van der Waals surface area contributed by atoms with E-state index in [1.807, 2.05) is 26.0 Å². The smallest absolute Gasteiger partial charge is 0.226 e. The van der Waals surface area contributed by atoms with Crippen LogP contribution in [0.2, 0.25) is 0 Å². The summed E-state index contributed by atoms with van der Waals surface area (Å²) < 4.78 is 0. The molecule has 0 aliphatic carbocycles. The van der Waals surface area contributed by atoms with Gasteiger partial charge in [0.2, 0.25) is 5.91 Å². The van der Waals surface area contributed by atoms with E-state index in [4.69, 9.17) is 0 Å². The second-order valence-corrected chi connectivity index (χ2v) is 5.83. The number of rotatable bonds is 4. The van der Waals surface area contributed by atoms with Crippen molar-refractivity contribution in [3.8, 4) is 0 Å². The molecule has 2 rings (SSSR count). The Labute approximate surface area is 116 Å². The van der Waals surface area contributed by atoms with Crippen LogP contribution in [0.4, 0.5) is 5.69 Å². The van der Waals surface area contributed by atoms with Crippen LogP contribution in [-0.2, 0) is 11.3 Å². The summed E-state index contributed by atoms with van der Waals surface area (Å²) in [5.74, 6) is 0.104. The summed E-state index contributed by atoms with van der Waals surface area (Å²) in [4.78, 5) is 13.3. The maximum atomic E-state index is 11.6. The predicted octanol–water partition coefficient (Wildman–Crippen LogP) is 1.85. The number of hydrogen-bond acceptors (Lipinski definition) is 1. The van der Waals surface area contributed by atoms with Crippen LogP contribution in [0.15, 0.2) is 24.3 Å². The first kappa shape index (κ1) is 14.1. The van der Waals surface area contributed by atoms with Gasteiger partial charge in [-0.3, -0.25) is 4.79 Å². The second-order valence-electron chi connectivity index (χ2n) is 5.83. The first-order valence-electron chi connectivity index (χ1n) is 7.38. The zero-order valence-electron chi connectivity index (χ0n) is 12.0. The lowest BCUT2D eigenvalue weighted by Crippen LogP contribution is -3.11. The summed E-state index contributed by atoms with van der Waals surface area (Å²) in [6, 6.07) is 8.30. The molecular formula is C16H25N2O+. The lowest BCUT2D eigenvalue weighted by Gasteiger charge is -2.23. The highest BCUT2D eigenvalue weighted by molar-refractivity contribution is 5.91. The molecule has 0 bridgehead atoms. The van der Waals surface area contributed by atoms with Gasteiger partial charge in [0, 0.05) is 17.2 Å². The fourth-order valence-corrected chi connectivity index (χ4v) is 2.51. The third kappa shape index (κ3) is 4.35. The SMILES string of the molecule is CC(C)C(=O)Nc1ccc(C[NH+]2CCCCC2)cc1. The van der Waals surface area contributed by atoms with E-state index in [9.17, 15) is 4.79 Å². The van der Waals surface area contributed by atoms with E-state index in [1.165, 1.54) is 37.9 Å². The molecule has 19 heavy (non-hydrogen) atoms. The van der Waals surface area contributed by atoms with Crippen molar-refractivity contribution in [1.29, 1.82) is 0 Å². The van der Waals surface area contributed by atoms with E-state index in [-0.39, 0.29) is 11.8 Å². The Hall–Kier alpha value is -1.35. The Balaban J connectivity index is 1.88. The molecule has 0 spiro atoms. The lowest BCUT2D eigenvalue weighted by atomic mass is 10.1. The molecule has 0 saturated carbocycles. The minimum Gasteiger partial charge on any atom is -0.331 e. The Morgan fingerprint density at radius 1 is 1.16 bits per heavy atom. The van der Waals surface area contributed by atoms with Gasteiger partial charge in [-0.25, -0.2) is 0 Å². The van der Waals surface area contributed by atoms with E-state index >= 15 is 0 Å². The normalized spacial score (nSPS) is 16.6. The van der Waals surface area contributed by atoms with Gasteiger partial charge in [-0.15, -0.1) is 0 Å². The predicted molar refractivity (Wildman–Crippen MR) is 78.2 cm³/mol. The van der Waals surface area contributed by atoms with Gasteiger partial charge in [0.25, 0.3) is 0 Å². The van der Waals surface area contributed by atoms with Crippen molar-refractivity contribution in [2.24, 2.45) is 5.92 Å². The molecule has 1 aliphatic heterocycles. The van der Waals surface area contributed by atoms with Gasteiger partial charge in [-0.1, -0.05) is 26.0 Å². The van der Waals surface area contributed by atoms with Crippen LogP contribution in [0.1, 0.15) is 38.7 Å². The van der Waals surface area contributed by atoms with Gasteiger partial charge in [-0.05, 0) is 31.4 Å². The molecule has 3 heteroatoms. The minimum atomic E-state index is 0.0254. The molecule has 0 aromatic heterocycles. The second kappa shape index (κ2) is 6.71. The quantitative estimate of drug-likeness (QED) is 0.852. The molecule has 1 amide bonds. The third-order valence-corrected chi connectivity index (χ3v) is 3.76. The highest BCUT2D eigenvalue weighted by Gasteiger charge is 2.13. The molecule has 1 saturated heterocycles. The van der Waals surface area contributed by atoms with E-state index in [2.05, 4.69) is 17.4 Å². The van der Waals surface area contributed by atoms with Crippen molar-refractivity contribution in [3.05, 3.63) is 29.8 Å². The van der Waals surface area contributed by atoms with E-state index in [1.54, 1.807) is 4.90 Å². The number of hydrogen-bond donors (Lipinski definition) is 2. The molecule has 0 atom stereocenters. The number of quaternary nitrogens is 1. The van der Waals surface area contributed by atoms with Gasteiger partial charge in [0.15, 0.2) is 0 Å². The van der Waals surface area contributed by atoms with Gasteiger partial charge < -0.3 is 10.2 Å². The number of benzene rings is 1. The van der Waals surface area contributed by atoms with Crippen LogP contribution >= 0.6 is 0 Å². The van der Waals surface area contributed by atoms with E-state index in [0.717, 1.165) is 12.2 Å². The number of carbonyl (C=O) groups excluding carboxylic acids is 1. The van der Waals surface area contributed by atoms with E-state index < -0.39 is 0 Å². The molecule has 1 heterocycles. The Morgan fingerprint density at radius 2 is 1.79 bits per heavy atom. The molecule has 104 valence electrons. The van der Waals surface area contributed by atoms with Crippen LogP contribution in [0, 0.1) is 5.92 Å². The highest BCUT2D eigenvalue weighted by atomic mass is 16.1. The van der Waals surface area contributed by atoms with Gasteiger partial charge in [0.1, 0.15) is 6.54 Å². The van der Waals surface area contributed by atoms with Crippen molar-refractivity contribution in [2.75, 3.05) is 18.4 Å². The largest absolute Gasteiger partial charge is 0.331 e. The standard InChI is InChI=1S/C16H24N2O/c1-13(2)16(19)17-15-8-6-14(7-9-15)12-18-10-4-3-5-11-18/h6-9,13H,3-5,10-12H2,1-2H3,(H,17,19)/p+1. The molecule has 0 radical (unpaired) electrons. The minimum absolute atomic E-state index is 0.0254.